The smallest absolute Gasteiger partial charge is 0.274 e. The van der Waals surface area contributed by atoms with Crippen molar-refractivity contribution in [3.63, 3.8) is 0 Å². The number of H-pyrrole nitrogens is 1. The van der Waals surface area contributed by atoms with E-state index < -0.39 is 15.7 Å². The van der Waals surface area contributed by atoms with Crippen LogP contribution in [0, 0.1) is 5.82 Å². The number of aromatic amines is 1. The molecule has 0 bridgehead atoms. The topological polar surface area (TPSA) is 93.2 Å². The second kappa shape index (κ2) is 10.00. The van der Waals surface area contributed by atoms with Gasteiger partial charge in [0.1, 0.15) is 22.8 Å². The molecule has 5 rings (SSSR count). The van der Waals surface area contributed by atoms with Crippen LogP contribution in [0.4, 0.5) is 10.1 Å². The first kappa shape index (κ1) is 25.6. The van der Waals surface area contributed by atoms with Gasteiger partial charge in [0.2, 0.25) is 0 Å². The average molecular weight is 552 g/mol. The Hall–Kier alpha value is -4.08. The van der Waals surface area contributed by atoms with Crippen LogP contribution in [0.5, 0.6) is 11.5 Å². The molecule has 0 radical (unpaired) electrons. The third-order valence-corrected chi connectivity index (χ3v) is 7.59. The van der Waals surface area contributed by atoms with Gasteiger partial charge < -0.3 is 19.6 Å². The van der Waals surface area contributed by atoms with E-state index >= 15 is 0 Å². The fourth-order valence-electron chi connectivity index (χ4n) is 4.18. The second-order valence-corrected chi connectivity index (χ2v) is 11.3. The largest absolute Gasteiger partial charge is 0.457 e. The zero-order valence-electron chi connectivity index (χ0n) is 20.5. The van der Waals surface area contributed by atoms with Crippen molar-refractivity contribution in [2.75, 3.05) is 11.6 Å². The summed E-state index contributed by atoms with van der Waals surface area (Å²) in [6, 6.07) is 17.9. The first-order chi connectivity index (χ1) is 18.1. The maximum atomic E-state index is 13.4. The monoisotopic (exact) mass is 551 g/mol. The van der Waals surface area contributed by atoms with Crippen LogP contribution >= 0.6 is 11.6 Å². The summed E-state index contributed by atoms with van der Waals surface area (Å²) < 4.78 is 45.8. The van der Waals surface area contributed by atoms with Gasteiger partial charge >= 0.3 is 0 Å². The molecule has 0 saturated carbocycles. The Kier molecular flexibility index (Phi) is 6.73. The first-order valence-electron chi connectivity index (χ1n) is 11.6. The number of benzene rings is 3. The molecule has 0 aliphatic rings. The molecule has 2 heterocycles. The number of nitrogens with zero attached hydrogens (tertiary/aromatic N) is 1. The highest BCUT2D eigenvalue weighted by Gasteiger charge is 2.18. The zero-order valence-corrected chi connectivity index (χ0v) is 22.0. The van der Waals surface area contributed by atoms with Crippen molar-refractivity contribution < 1.29 is 17.5 Å². The molecule has 0 aliphatic heterocycles. The zero-order chi connectivity index (χ0) is 27.0. The van der Waals surface area contributed by atoms with Gasteiger partial charge in [0.25, 0.3) is 5.56 Å². The Morgan fingerprint density at radius 1 is 1.05 bits per heavy atom. The second-order valence-electron chi connectivity index (χ2n) is 8.87. The van der Waals surface area contributed by atoms with E-state index in [0.29, 0.717) is 45.1 Å². The minimum atomic E-state index is -3.50. The number of aromatic nitrogens is 2. The summed E-state index contributed by atoms with van der Waals surface area (Å²) in [5.41, 5.74) is 2.85. The number of pyridine rings is 1. The number of halogens is 2. The molecule has 194 valence electrons. The van der Waals surface area contributed by atoms with E-state index in [-0.39, 0.29) is 10.5 Å². The van der Waals surface area contributed by atoms with Crippen LogP contribution in [0.3, 0.4) is 0 Å². The highest BCUT2D eigenvalue weighted by atomic mass is 35.5. The van der Waals surface area contributed by atoms with Crippen molar-refractivity contribution in [2.24, 2.45) is 7.05 Å². The maximum absolute atomic E-state index is 13.4. The molecule has 0 unspecified atom stereocenters. The number of hydrogen-bond acceptors (Lipinski definition) is 5. The molecule has 0 saturated heterocycles. The fourth-order valence-corrected chi connectivity index (χ4v) is 5.06. The van der Waals surface area contributed by atoms with E-state index in [2.05, 4.69) is 10.3 Å². The van der Waals surface area contributed by atoms with E-state index in [1.54, 1.807) is 55.8 Å². The molecular weight excluding hydrogens is 529 g/mol. The Morgan fingerprint density at radius 2 is 1.87 bits per heavy atom. The summed E-state index contributed by atoms with van der Waals surface area (Å²) in [7, 11) is -1.87. The molecule has 2 aromatic heterocycles. The van der Waals surface area contributed by atoms with Crippen LogP contribution in [0.2, 0.25) is 5.02 Å². The molecule has 0 fully saturated rings. The predicted octanol–water partition coefficient (Wildman–Crippen LogP) is 6.13. The first-order valence-corrected chi connectivity index (χ1v) is 13.8. The Bertz CT molecular complexity index is 1850. The molecule has 10 heteroatoms. The normalized spacial score (nSPS) is 11.6. The minimum absolute atomic E-state index is 0.129. The molecule has 0 amide bonds. The number of anilines is 1. The lowest BCUT2D eigenvalue weighted by atomic mass is 10.0. The van der Waals surface area contributed by atoms with E-state index in [1.165, 1.54) is 22.8 Å². The highest BCUT2D eigenvalue weighted by molar-refractivity contribution is 7.90. The Labute approximate surface area is 223 Å². The maximum Gasteiger partial charge on any atom is 0.274 e. The van der Waals surface area contributed by atoms with Crippen LogP contribution in [0.15, 0.2) is 88.8 Å². The number of aryl methyl sites for hydroxylation is 1. The van der Waals surface area contributed by atoms with Gasteiger partial charge in [-0.3, -0.25) is 4.79 Å². The van der Waals surface area contributed by atoms with Crippen molar-refractivity contribution in [1.29, 1.82) is 0 Å². The number of hydrogen-bond donors (Lipinski definition) is 2. The summed E-state index contributed by atoms with van der Waals surface area (Å²) in [5, 5.41) is 4.22. The lowest BCUT2D eigenvalue weighted by Gasteiger charge is -2.15. The Balaban J connectivity index is 1.52. The number of rotatable bonds is 7. The van der Waals surface area contributed by atoms with E-state index in [4.69, 9.17) is 16.3 Å². The number of nitrogens with one attached hydrogen (secondary N) is 2. The van der Waals surface area contributed by atoms with E-state index in [9.17, 15) is 17.6 Å². The molecule has 3 aromatic carbocycles. The van der Waals surface area contributed by atoms with Crippen molar-refractivity contribution in [2.45, 2.75) is 11.4 Å². The fraction of sp³-hybridized carbons (Fsp3) is 0.107. The number of ether oxygens (including phenoxy) is 1. The van der Waals surface area contributed by atoms with E-state index in [1.807, 2.05) is 12.1 Å². The van der Waals surface area contributed by atoms with Crippen LogP contribution in [-0.2, 0) is 23.4 Å². The average Bonchev–Trinajstić information content (AvgIpc) is 3.36. The Morgan fingerprint density at radius 3 is 2.63 bits per heavy atom. The van der Waals surface area contributed by atoms with Crippen molar-refractivity contribution in [3.8, 4) is 22.6 Å². The minimum Gasteiger partial charge on any atom is -0.457 e. The summed E-state index contributed by atoms with van der Waals surface area (Å²) in [4.78, 5) is 15.7. The highest BCUT2D eigenvalue weighted by Crippen LogP contribution is 2.38. The molecule has 38 heavy (non-hydrogen) atoms. The summed E-state index contributed by atoms with van der Waals surface area (Å²) in [5.74, 6) is 0.517. The summed E-state index contributed by atoms with van der Waals surface area (Å²) in [6.45, 7) is 0.375. The molecule has 0 spiro atoms. The van der Waals surface area contributed by atoms with Crippen molar-refractivity contribution in [1.82, 2.24) is 9.55 Å². The van der Waals surface area contributed by atoms with Crippen molar-refractivity contribution >= 4 is 38.0 Å². The molecular formula is C28H23ClFN3O4S. The number of fused-ring (bicyclic) bond motifs is 1. The SMILES string of the molecule is Cn1cc(-c2cc(S(C)(=O)=O)ccc2Oc2cccc(NCc3ccc(F)cc3Cl)c2)c2cc[nH]c2c1=O. The predicted molar refractivity (Wildman–Crippen MR) is 147 cm³/mol. The van der Waals surface area contributed by atoms with Gasteiger partial charge in [-0.05, 0) is 54.1 Å². The standard InChI is InChI=1S/C28H23ClFN3O4S/c1-33-16-24(22-10-11-31-27(22)28(33)34)23-14-21(38(2,35)36)8-9-26(23)37-20-5-3-4-19(13-20)32-15-17-6-7-18(30)12-25(17)29/h3-14,16,31-32H,15H2,1-2H3. The van der Waals surface area contributed by atoms with Gasteiger partial charge in [0.15, 0.2) is 9.84 Å². The van der Waals surface area contributed by atoms with Gasteiger partial charge in [-0.2, -0.15) is 0 Å². The summed E-state index contributed by atoms with van der Waals surface area (Å²) in [6.07, 6.45) is 4.47. The van der Waals surface area contributed by atoms with Gasteiger partial charge in [-0.25, -0.2) is 12.8 Å². The lowest BCUT2D eigenvalue weighted by molar-refractivity contribution is 0.484. The molecule has 0 atom stereocenters. The lowest BCUT2D eigenvalue weighted by Crippen LogP contribution is -2.16. The van der Waals surface area contributed by atoms with Gasteiger partial charge in [-0.15, -0.1) is 0 Å². The third-order valence-electron chi connectivity index (χ3n) is 6.12. The van der Waals surface area contributed by atoms with Gasteiger partial charge in [0.05, 0.1) is 4.90 Å². The third kappa shape index (κ3) is 5.16. The quantitative estimate of drug-likeness (QED) is 0.254. The van der Waals surface area contributed by atoms with Gasteiger partial charge in [0, 0.05) is 65.5 Å². The van der Waals surface area contributed by atoms with Gasteiger partial charge in [-0.1, -0.05) is 23.7 Å². The molecule has 5 aromatic rings. The molecule has 0 aliphatic carbocycles. The van der Waals surface area contributed by atoms with E-state index in [0.717, 1.165) is 17.5 Å². The summed E-state index contributed by atoms with van der Waals surface area (Å²) >= 11 is 6.14. The molecule has 2 N–H and O–H groups in total. The van der Waals surface area contributed by atoms with Crippen LogP contribution in [-0.4, -0.2) is 24.2 Å². The number of sulfone groups is 1. The molecule has 7 nitrogen and oxygen atoms in total. The van der Waals surface area contributed by atoms with Crippen molar-refractivity contribution in [3.05, 3.63) is 106 Å². The van der Waals surface area contributed by atoms with Crippen LogP contribution < -0.4 is 15.6 Å². The van der Waals surface area contributed by atoms with Crippen LogP contribution in [0.1, 0.15) is 5.56 Å². The van der Waals surface area contributed by atoms with Crippen LogP contribution in [0.25, 0.3) is 22.0 Å².